The summed E-state index contributed by atoms with van der Waals surface area (Å²) in [5.74, 6) is 0.510. The number of anilines is 2. The van der Waals surface area contributed by atoms with Crippen LogP contribution >= 0.6 is 0 Å². The first-order valence-electron chi connectivity index (χ1n) is 9.96. The maximum absolute atomic E-state index is 12.2. The third kappa shape index (κ3) is 7.59. The highest BCUT2D eigenvalue weighted by atomic mass is 32.2. The van der Waals surface area contributed by atoms with Crippen LogP contribution in [0.15, 0.2) is 54.6 Å². The van der Waals surface area contributed by atoms with Gasteiger partial charge in [-0.25, -0.2) is 8.42 Å². The van der Waals surface area contributed by atoms with Gasteiger partial charge in [-0.3, -0.25) is 9.10 Å². The number of nitrogens with zero attached hydrogens (tertiary/aromatic N) is 2. The highest BCUT2D eigenvalue weighted by molar-refractivity contribution is 7.92. The number of carbonyl (C=O) groups is 1. The molecule has 2 aromatic carbocycles. The maximum Gasteiger partial charge on any atom is 0.232 e. The highest BCUT2D eigenvalue weighted by Crippen LogP contribution is 2.23. The molecular weight excluding hydrogens is 402 g/mol. The second kappa shape index (κ2) is 11.4. The summed E-state index contributed by atoms with van der Waals surface area (Å²) in [7, 11) is 0.0998. The zero-order valence-corrected chi connectivity index (χ0v) is 18.7. The van der Waals surface area contributed by atoms with E-state index in [0.717, 1.165) is 24.9 Å². The van der Waals surface area contributed by atoms with Crippen LogP contribution in [-0.4, -0.2) is 54.4 Å². The minimum Gasteiger partial charge on any atom is -0.497 e. The standard InChI is InChI=1S/C22H31N3O4S/c1-24(19-10-5-4-6-11-19)16-9-15-23-22(26)14-8-17-25(30(3,27)28)20-12-7-13-21(18-20)29-2/h4-7,10-13,18H,8-9,14-17H2,1-3H3,(H,23,26). The van der Waals surface area contributed by atoms with Crippen molar-refractivity contribution in [1.29, 1.82) is 0 Å². The first-order valence-corrected chi connectivity index (χ1v) is 11.8. The summed E-state index contributed by atoms with van der Waals surface area (Å²) in [5, 5.41) is 2.91. The summed E-state index contributed by atoms with van der Waals surface area (Å²) in [6.45, 7) is 1.65. The molecule has 0 unspecified atom stereocenters. The Bertz CT molecular complexity index is 904. The number of benzene rings is 2. The summed E-state index contributed by atoms with van der Waals surface area (Å²) in [5.41, 5.74) is 1.67. The fourth-order valence-electron chi connectivity index (χ4n) is 3.08. The van der Waals surface area contributed by atoms with E-state index in [0.29, 0.717) is 24.4 Å². The topological polar surface area (TPSA) is 79.0 Å². The molecule has 0 aliphatic rings. The number of carbonyl (C=O) groups excluding carboxylic acids is 1. The average Bonchev–Trinajstić information content (AvgIpc) is 2.74. The van der Waals surface area contributed by atoms with E-state index in [1.165, 1.54) is 11.4 Å². The second-order valence-corrected chi connectivity index (χ2v) is 9.01. The Kier molecular flexibility index (Phi) is 8.98. The van der Waals surface area contributed by atoms with Crippen LogP contribution in [0, 0.1) is 0 Å². The van der Waals surface area contributed by atoms with Gasteiger partial charge in [0.2, 0.25) is 15.9 Å². The van der Waals surface area contributed by atoms with Crippen molar-refractivity contribution in [2.45, 2.75) is 19.3 Å². The molecule has 2 rings (SSSR count). The highest BCUT2D eigenvalue weighted by Gasteiger charge is 2.18. The van der Waals surface area contributed by atoms with Gasteiger partial charge in [0.05, 0.1) is 19.1 Å². The van der Waals surface area contributed by atoms with E-state index in [4.69, 9.17) is 4.74 Å². The molecule has 2 aromatic rings. The summed E-state index contributed by atoms with van der Waals surface area (Å²) in [6, 6.07) is 17.0. The zero-order valence-electron chi connectivity index (χ0n) is 17.9. The fraction of sp³-hybridized carbons (Fsp3) is 0.409. The second-order valence-electron chi connectivity index (χ2n) is 7.10. The van der Waals surface area contributed by atoms with Gasteiger partial charge in [0.25, 0.3) is 0 Å². The molecule has 1 N–H and O–H groups in total. The van der Waals surface area contributed by atoms with Gasteiger partial charge in [-0.2, -0.15) is 0 Å². The van der Waals surface area contributed by atoms with Gasteiger partial charge in [-0.15, -0.1) is 0 Å². The van der Waals surface area contributed by atoms with Crippen LogP contribution in [0.3, 0.4) is 0 Å². The average molecular weight is 434 g/mol. The molecule has 7 nitrogen and oxygen atoms in total. The molecule has 0 aliphatic heterocycles. The summed E-state index contributed by atoms with van der Waals surface area (Å²) in [4.78, 5) is 14.3. The molecule has 30 heavy (non-hydrogen) atoms. The lowest BCUT2D eigenvalue weighted by Gasteiger charge is -2.22. The lowest BCUT2D eigenvalue weighted by atomic mass is 10.2. The predicted molar refractivity (Wildman–Crippen MR) is 122 cm³/mol. The van der Waals surface area contributed by atoms with Gasteiger partial charge < -0.3 is 15.0 Å². The molecule has 0 radical (unpaired) electrons. The van der Waals surface area contributed by atoms with Gasteiger partial charge in [0, 0.05) is 44.9 Å². The Morgan fingerprint density at radius 3 is 2.37 bits per heavy atom. The molecular formula is C22H31N3O4S. The number of ether oxygens (including phenoxy) is 1. The van der Waals surface area contributed by atoms with Crippen molar-refractivity contribution in [3.05, 3.63) is 54.6 Å². The van der Waals surface area contributed by atoms with E-state index >= 15 is 0 Å². The van der Waals surface area contributed by atoms with Crippen LogP contribution in [-0.2, 0) is 14.8 Å². The first-order chi connectivity index (χ1) is 14.3. The van der Waals surface area contributed by atoms with E-state index in [1.807, 2.05) is 25.2 Å². The van der Waals surface area contributed by atoms with E-state index in [1.54, 1.807) is 24.3 Å². The Morgan fingerprint density at radius 2 is 1.70 bits per heavy atom. The molecule has 0 saturated heterocycles. The lowest BCUT2D eigenvalue weighted by Crippen LogP contribution is -2.32. The predicted octanol–water partition coefficient (Wildman–Crippen LogP) is 2.88. The molecule has 0 fully saturated rings. The van der Waals surface area contributed by atoms with Gasteiger partial charge >= 0.3 is 0 Å². The smallest absolute Gasteiger partial charge is 0.232 e. The van der Waals surface area contributed by atoms with Crippen LogP contribution < -0.4 is 19.3 Å². The minimum absolute atomic E-state index is 0.0727. The Morgan fingerprint density at radius 1 is 1.00 bits per heavy atom. The SMILES string of the molecule is COc1cccc(N(CCCC(=O)NCCCN(C)c2ccccc2)S(C)(=O)=O)c1. The number of rotatable bonds is 12. The molecule has 0 saturated carbocycles. The van der Waals surface area contributed by atoms with E-state index < -0.39 is 10.0 Å². The number of methoxy groups -OCH3 is 1. The van der Waals surface area contributed by atoms with E-state index in [-0.39, 0.29) is 18.9 Å². The minimum atomic E-state index is -3.46. The first kappa shape index (κ1) is 23.5. The number of hydrogen-bond donors (Lipinski definition) is 1. The molecule has 1 amide bonds. The number of nitrogens with one attached hydrogen (secondary N) is 1. The third-order valence-electron chi connectivity index (χ3n) is 4.70. The molecule has 164 valence electrons. The monoisotopic (exact) mass is 433 g/mol. The number of sulfonamides is 1. The molecule has 0 atom stereocenters. The number of amides is 1. The molecule has 8 heteroatoms. The molecule has 0 bridgehead atoms. The van der Waals surface area contributed by atoms with Crippen molar-refractivity contribution < 1.29 is 17.9 Å². The Labute approximate surface area is 179 Å². The van der Waals surface area contributed by atoms with Crippen molar-refractivity contribution in [3.63, 3.8) is 0 Å². The summed E-state index contributed by atoms with van der Waals surface area (Å²) < 4.78 is 30.8. The molecule has 0 aromatic heterocycles. The third-order valence-corrected chi connectivity index (χ3v) is 5.89. The Hall–Kier alpha value is -2.74. The summed E-state index contributed by atoms with van der Waals surface area (Å²) in [6.07, 6.45) is 2.69. The van der Waals surface area contributed by atoms with Gasteiger partial charge in [0.15, 0.2) is 0 Å². The van der Waals surface area contributed by atoms with Gasteiger partial charge in [-0.05, 0) is 37.1 Å². The normalized spacial score (nSPS) is 11.0. The van der Waals surface area contributed by atoms with Crippen molar-refractivity contribution >= 4 is 27.3 Å². The maximum atomic E-state index is 12.2. The van der Waals surface area contributed by atoms with Gasteiger partial charge in [-0.1, -0.05) is 24.3 Å². The number of hydrogen-bond acceptors (Lipinski definition) is 5. The largest absolute Gasteiger partial charge is 0.497 e. The summed E-state index contributed by atoms with van der Waals surface area (Å²) >= 11 is 0. The quantitative estimate of drug-likeness (QED) is 0.521. The van der Waals surface area contributed by atoms with Crippen molar-refractivity contribution in [1.82, 2.24) is 5.32 Å². The molecule has 0 heterocycles. The molecule has 0 aliphatic carbocycles. The van der Waals surface area contributed by atoms with Crippen LogP contribution in [0.4, 0.5) is 11.4 Å². The Balaban J connectivity index is 1.75. The molecule has 0 spiro atoms. The van der Waals surface area contributed by atoms with E-state index in [9.17, 15) is 13.2 Å². The number of para-hydroxylation sites is 1. The fourth-order valence-corrected chi connectivity index (χ4v) is 4.04. The van der Waals surface area contributed by atoms with Crippen LogP contribution in [0.1, 0.15) is 19.3 Å². The van der Waals surface area contributed by atoms with Crippen LogP contribution in [0.5, 0.6) is 5.75 Å². The van der Waals surface area contributed by atoms with Gasteiger partial charge in [0.1, 0.15) is 5.75 Å². The van der Waals surface area contributed by atoms with Crippen molar-refractivity contribution in [2.24, 2.45) is 0 Å². The lowest BCUT2D eigenvalue weighted by molar-refractivity contribution is -0.121. The van der Waals surface area contributed by atoms with Crippen molar-refractivity contribution in [2.75, 3.05) is 49.3 Å². The van der Waals surface area contributed by atoms with E-state index in [2.05, 4.69) is 22.3 Å². The van der Waals surface area contributed by atoms with Crippen LogP contribution in [0.25, 0.3) is 0 Å². The zero-order chi connectivity index (χ0) is 22.0. The van der Waals surface area contributed by atoms with Crippen molar-refractivity contribution in [3.8, 4) is 5.75 Å². The van der Waals surface area contributed by atoms with Crippen LogP contribution in [0.2, 0.25) is 0 Å².